The maximum Gasteiger partial charge on any atom is 0.132 e. The summed E-state index contributed by atoms with van der Waals surface area (Å²) in [6, 6.07) is 11.6. The van der Waals surface area contributed by atoms with E-state index < -0.39 is 0 Å². The number of hydrogen-bond acceptors (Lipinski definition) is 2. The lowest BCUT2D eigenvalue weighted by atomic mass is 9.86. The normalized spacial score (nSPS) is 25.8. The zero-order valence-corrected chi connectivity index (χ0v) is 12.3. The van der Waals surface area contributed by atoms with Crippen molar-refractivity contribution < 1.29 is 4.79 Å². The van der Waals surface area contributed by atoms with Crippen LogP contribution in [0.15, 0.2) is 30.3 Å². The molecule has 0 bridgehead atoms. The molecule has 0 aromatic heterocycles. The Morgan fingerprint density at radius 3 is 2.50 bits per heavy atom. The minimum Gasteiger partial charge on any atom is -0.300 e. The molecule has 1 aromatic rings. The number of carbonyl (C=O) groups excluding carboxylic acids is 1. The van der Waals surface area contributed by atoms with Gasteiger partial charge in [0.1, 0.15) is 5.78 Å². The Labute approximate surface area is 122 Å². The van der Waals surface area contributed by atoms with E-state index in [-0.39, 0.29) is 0 Å². The molecule has 1 aliphatic carbocycles. The highest BCUT2D eigenvalue weighted by atomic mass is 16.1. The summed E-state index contributed by atoms with van der Waals surface area (Å²) in [6.07, 6.45) is 7.81. The van der Waals surface area contributed by atoms with Gasteiger partial charge in [-0.15, -0.1) is 0 Å². The first-order chi connectivity index (χ1) is 9.83. The molecule has 1 aliphatic heterocycles. The van der Waals surface area contributed by atoms with Crippen molar-refractivity contribution in [2.45, 2.75) is 51.0 Å². The van der Waals surface area contributed by atoms with Gasteiger partial charge in [0.2, 0.25) is 0 Å². The van der Waals surface area contributed by atoms with E-state index in [1.54, 1.807) is 0 Å². The lowest BCUT2D eigenvalue weighted by Crippen LogP contribution is -2.38. The van der Waals surface area contributed by atoms with Gasteiger partial charge in [0.25, 0.3) is 0 Å². The molecule has 20 heavy (non-hydrogen) atoms. The third kappa shape index (κ3) is 3.29. The number of piperidine rings is 1. The Balaban J connectivity index is 1.65. The highest BCUT2D eigenvalue weighted by molar-refractivity contribution is 5.79. The molecule has 2 nitrogen and oxygen atoms in total. The Kier molecular flexibility index (Phi) is 4.51. The molecule has 1 heterocycles. The Hall–Kier alpha value is -1.15. The SMILES string of the molecule is O=C1CCC(CN2CCCCC2c2ccccc2)CC1. The molecular formula is C18H25NO. The molecule has 1 atom stereocenters. The number of carbonyl (C=O) groups is 1. The van der Waals surface area contributed by atoms with E-state index in [0.29, 0.717) is 11.8 Å². The number of likely N-dealkylation sites (tertiary alicyclic amines) is 1. The first kappa shape index (κ1) is 13.8. The summed E-state index contributed by atoms with van der Waals surface area (Å²) in [5.41, 5.74) is 1.47. The topological polar surface area (TPSA) is 20.3 Å². The van der Waals surface area contributed by atoms with Gasteiger partial charge in [0, 0.05) is 25.4 Å². The van der Waals surface area contributed by atoms with Crippen LogP contribution in [-0.4, -0.2) is 23.8 Å². The lowest BCUT2D eigenvalue weighted by molar-refractivity contribution is -0.121. The van der Waals surface area contributed by atoms with Crippen LogP contribution in [0.5, 0.6) is 0 Å². The van der Waals surface area contributed by atoms with Crippen LogP contribution in [0, 0.1) is 5.92 Å². The predicted octanol–water partition coefficient (Wildman–Crippen LogP) is 3.97. The first-order valence-electron chi connectivity index (χ1n) is 8.13. The quantitative estimate of drug-likeness (QED) is 0.829. The molecular weight excluding hydrogens is 246 g/mol. The predicted molar refractivity (Wildman–Crippen MR) is 81.6 cm³/mol. The van der Waals surface area contributed by atoms with E-state index in [2.05, 4.69) is 35.2 Å². The highest BCUT2D eigenvalue weighted by Gasteiger charge is 2.27. The molecule has 2 heteroatoms. The average molecular weight is 271 g/mol. The minimum absolute atomic E-state index is 0.472. The van der Waals surface area contributed by atoms with Gasteiger partial charge in [-0.3, -0.25) is 9.69 Å². The second kappa shape index (κ2) is 6.53. The molecule has 1 aromatic carbocycles. The van der Waals surface area contributed by atoms with Gasteiger partial charge in [-0.1, -0.05) is 36.8 Å². The van der Waals surface area contributed by atoms with Crippen molar-refractivity contribution in [1.82, 2.24) is 4.90 Å². The number of hydrogen-bond donors (Lipinski definition) is 0. The van der Waals surface area contributed by atoms with Gasteiger partial charge in [0.05, 0.1) is 0 Å². The monoisotopic (exact) mass is 271 g/mol. The summed E-state index contributed by atoms with van der Waals surface area (Å²) in [6.45, 7) is 2.41. The van der Waals surface area contributed by atoms with E-state index in [1.807, 2.05) is 0 Å². The number of benzene rings is 1. The van der Waals surface area contributed by atoms with E-state index in [9.17, 15) is 4.79 Å². The van der Waals surface area contributed by atoms with Crippen molar-refractivity contribution >= 4 is 5.78 Å². The van der Waals surface area contributed by atoms with Crippen molar-refractivity contribution in [3.8, 4) is 0 Å². The van der Waals surface area contributed by atoms with Crippen molar-refractivity contribution in [3.05, 3.63) is 35.9 Å². The Morgan fingerprint density at radius 2 is 1.75 bits per heavy atom. The largest absolute Gasteiger partial charge is 0.300 e. The fourth-order valence-corrected chi connectivity index (χ4v) is 3.78. The molecule has 1 unspecified atom stereocenters. The van der Waals surface area contributed by atoms with Gasteiger partial charge in [-0.2, -0.15) is 0 Å². The molecule has 0 spiro atoms. The molecule has 2 aliphatic rings. The average Bonchev–Trinajstić information content (AvgIpc) is 2.51. The van der Waals surface area contributed by atoms with E-state index in [0.717, 1.165) is 31.6 Å². The lowest BCUT2D eigenvalue weighted by Gasteiger charge is -2.39. The van der Waals surface area contributed by atoms with Crippen molar-refractivity contribution in [3.63, 3.8) is 0 Å². The Morgan fingerprint density at radius 1 is 1.00 bits per heavy atom. The summed E-state index contributed by atoms with van der Waals surface area (Å²) >= 11 is 0. The van der Waals surface area contributed by atoms with Gasteiger partial charge < -0.3 is 0 Å². The van der Waals surface area contributed by atoms with Crippen molar-refractivity contribution in [2.24, 2.45) is 5.92 Å². The molecule has 3 rings (SSSR count). The van der Waals surface area contributed by atoms with Gasteiger partial charge in [-0.25, -0.2) is 0 Å². The Bertz CT molecular complexity index is 432. The fourth-order valence-electron chi connectivity index (χ4n) is 3.78. The van der Waals surface area contributed by atoms with Gasteiger partial charge in [0.15, 0.2) is 0 Å². The molecule has 2 fully saturated rings. The van der Waals surface area contributed by atoms with Crippen LogP contribution in [-0.2, 0) is 4.79 Å². The van der Waals surface area contributed by atoms with Crippen LogP contribution in [0.2, 0.25) is 0 Å². The smallest absolute Gasteiger partial charge is 0.132 e. The molecule has 1 saturated heterocycles. The minimum atomic E-state index is 0.472. The van der Waals surface area contributed by atoms with E-state index >= 15 is 0 Å². The number of rotatable bonds is 3. The number of ketones is 1. The van der Waals surface area contributed by atoms with E-state index in [4.69, 9.17) is 0 Å². The second-order valence-electron chi connectivity index (χ2n) is 6.40. The highest BCUT2D eigenvalue weighted by Crippen LogP contribution is 2.33. The van der Waals surface area contributed by atoms with E-state index in [1.165, 1.54) is 37.9 Å². The molecule has 108 valence electrons. The molecule has 0 radical (unpaired) electrons. The van der Waals surface area contributed by atoms with Crippen LogP contribution in [0.3, 0.4) is 0 Å². The standard InChI is InChI=1S/C18H25NO/c20-17-11-9-15(10-12-17)14-19-13-5-4-8-18(19)16-6-2-1-3-7-16/h1-3,6-7,15,18H,4-5,8-14H2. The van der Waals surface area contributed by atoms with Crippen molar-refractivity contribution in [2.75, 3.05) is 13.1 Å². The number of Topliss-reactive ketones (excluding diaryl/α,β-unsaturated/α-hetero) is 1. The van der Waals surface area contributed by atoms with Crippen LogP contribution in [0.1, 0.15) is 56.6 Å². The maximum atomic E-state index is 11.4. The maximum absolute atomic E-state index is 11.4. The van der Waals surface area contributed by atoms with Gasteiger partial charge >= 0.3 is 0 Å². The summed E-state index contributed by atoms with van der Waals surface area (Å²) in [5, 5.41) is 0. The van der Waals surface area contributed by atoms with Crippen LogP contribution in [0.4, 0.5) is 0 Å². The van der Waals surface area contributed by atoms with Crippen molar-refractivity contribution in [1.29, 1.82) is 0 Å². The molecule has 0 amide bonds. The number of nitrogens with zero attached hydrogens (tertiary/aromatic N) is 1. The van der Waals surface area contributed by atoms with Crippen LogP contribution in [0.25, 0.3) is 0 Å². The molecule has 1 saturated carbocycles. The fraction of sp³-hybridized carbons (Fsp3) is 0.611. The second-order valence-corrected chi connectivity index (χ2v) is 6.40. The molecule has 0 N–H and O–H groups in total. The first-order valence-corrected chi connectivity index (χ1v) is 8.13. The summed E-state index contributed by atoms with van der Waals surface area (Å²) in [4.78, 5) is 14.1. The van der Waals surface area contributed by atoms with Gasteiger partial charge in [-0.05, 0) is 43.7 Å². The zero-order valence-electron chi connectivity index (χ0n) is 12.3. The zero-order chi connectivity index (χ0) is 13.8. The third-order valence-electron chi connectivity index (χ3n) is 4.95. The van der Waals surface area contributed by atoms with Crippen LogP contribution >= 0.6 is 0 Å². The third-order valence-corrected chi connectivity index (χ3v) is 4.95. The summed E-state index contributed by atoms with van der Waals surface area (Å²) in [5.74, 6) is 1.21. The summed E-state index contributed by atoms with van der Waals surface area (Å²) < 4.78 is 0. The summed E-state index contributed by atoms with van der Waals surface area (Å²) in [7, 11) is 0. The van der Waals surface area contributed by atoms with Crippen LogP contribution < -0.4 is 0 Å².